The molecule has 1 aromatic rings. The Morgan fingerprint density at radius 2 is 1.94 bits per heavy atom. The van der Waals surface area contributed by atoms with Gasteiger partial charge in [0, 0.05) is 56.7 Å². The largest absolute Gasteiger partial charge is 0.508 e. The Kier molecular flexibility index (Phi) is 9.46. The van der Waals surface area contributed by atoms with Crippen LogP contribution >= 0.6 is 11.8 Å². The minimum atomic E-state index is -0.613. The van der Waals surface area contributed by atoms with E-state index < -0.39 is 5.60 Å². The van der Waals surface area contributed by atoms with Gasteiger partial charge in [0.2, 0.25) is 11.8 Å². The SMILES string of the molecule is CCN(C(=O)CC(SCC(=O)N(C)C)C1CCCN1C(=O)OC(C)(C)C)c1cccc(O)c1. The maximum absolute atomic E-state index is 13.3. The van der Waals surface area contributed by atoms with Crippen LogP contribution in [0.5, 0.6) is 5.75 Å². The Hall–Kier alpha value is -2.42. The van der Waals surface area contributed by atoms with Crippen LogP contribution in [0.4, 0.5) is 10.5 Å². The van der Waals surface area contributed by atoms with Gasteiger partial charge in [0.1, 0.15) is 11.4 Å². The molecule has 0 aliphatic carbocycles. The number of phenols is 1. The van der Waals surface area contributed by atoms with Gasteiger partial charge in [0.25, 0.3) is 0 Å². The van der Waals surface area contributed by atoms with E-state index in [0.29, 0.717) is 18.8 Å². The number of aromatic hydroxyl groups is 1. The van der Waals surface area contributed by atoms with Crippen molar-refractivity contribution < 1.29 is 24.2 Å². The molecule has 3 amide bonds. The molecule has 33 heavy (non-hydrogen) atoms. The summed E-state index contributed by atoms with van der Waals surface area (Å²) in [5.41, 5.74) is 0.00350. The monoisotopic (exact) mass is 479 g/mol. The molecule has 0 saturated carbocycles. The van der Waals surface area contributed by atoms with Crippen molar-refractivity contribution in [2.24, 2.45) is 0 Å². The predicted octanol–water partition coefficient (Wildman–Crippen LogP) is 3.72. The molecule has 2 unspecified atom stereocenters. The van der Waals surface area contributed by atoms with Gasteiger partial charge < -0.3 is 24.5 Å². The Morgan fingerprint density at radius 3 is 2.52 bits per heavy atom. The van der Waals surface area contributed by atoms with Crippen molar-refractivity contribution in [3.63, 3.8) is 0 Å². The smallest absolute Gasteiger partial charge is 0.410 e. The van der Waals surface area contributed by atoms with Crippen molar-refractivity contribution in [1.82, 2.24) is 9.80 Å². The number of rotatable bonds is 8. The molecule has 1 aliphatic rings. The molecule has 9 heteroatoms. The summed E-state index contributed by atoms with van der Waals surface area (Å²) in [6.45, 7) is 8.37. The van der Waals surface area contributed by atoms with Gasteiger partial charge in [-0.3, -0.25) is 9.59 Å². The second-order valence-electron chi connectivity index (χ2n) is 9.38. The minimum Gasteiger partial charge on any atom is -0.508 e. The van der Waals surface area contributed by atoms with E-state index in [1.165, 1.54) is 16.7 Å². The van der Waals surface area contributed by atoms with Crippen LogP contribution in [0.25, 0.3) is 0 Å². The molecule has 2 atom stereocenters. The van der Waals surface area contributed by atoms with Crippen LogP contribution in [0.3, 0.4) is 0 Å². The molecular formula is C24H37N3O5S. The highest BCUT2D eigenvalue weighted by atomic mass is 32.2. The summed E-state index contributed by atoms with van der Waals surface area (Å²) < 4.78 is 5.60. The first-order valence-electron chi connectivity index (χ1n) is 11.3. The lowest BCUT2D eigenvalue weighted by atomic mass is 10.1. The Labute approximate surface area is 201 Å². The number of thioether (sulfide) groups is 1. The second-order valence-corrected chi connectivity index (χ2v) is 10.6. The highest BCUT2D eigenvalue weighted by molar-refractivity contribution is 8.00. The van der Waals surface area contributed by atoms with Crippen molar-refractivity contribution in [3.8, 4) is 5.75 Å². The summed E-state index contributed by atoms with van der Waals surface area (Å²) in [5.74, 6) is 0.156. The number of phenolic OH excluding ortho intramolecular Hbond substituents is 1. The van der Waals surface area contributed by atoms with E-state index >= 15 is 0 Å². The molecule has 1 N–H and O–H groups in total. The fourth-order valence-electron chi connectivity index (χ4n) is 3.79. The van der Waals surface area contributed by atoms with Crippen LogP contribution in [0.2, 0.25) is 0 Å². The van der Waals surface area contributed by atoms with Gasteiger partial charge >= 0.3 is 6.09 Å². The third-order valence-corrected chi connectivity index (χ3v) is 6.73. The average molecular weight is 480 g/mol. The van der Waals surface area contributed by atoms with E-state index in [1.807, 2.05) is 27.7 Å². The maximum Gasteiger partial charge on any atom is 0.410 e. The molecular weight excluding hydrogens is 442 g/mol. The number of nitrogens with zero attached hydrogens (tertiary/aromatic N) is 3. The lowest BCUT2D eigenvalue weighted by Gasteiger charge is -2.34. The Balaban J connectivity index is 2.24. The van der Waals surface area contributed by atoms with Crippen molar-refractivity contribution in [1.29, 1.82) is 0 Å². The number of carbonyl (C=O) groups is 3. The van der Waals surface area contributed by atoms with Crippen LogP contribution in [0.15, 0.2) is 24.3 Å². The Morgan fingerprint density at radius 1 is 1.24 bits per heavy atom. The zero-order valence-electron chi connectivity index (χ0n) is 20.5. The summed E-state index contributed by atoms with van der Waals surface area (Å²) in [6, 6.07) is 6.39. The van der Waals surface area contributed by atoms with Gasteiger partial charge in [-0.1, -0.05) is 6.07 Å². The summed E-state index contributed by atoms with van der Waals surface area (Å²) in [6.07, 6.45) is 1.35. The third kappa shape index (κ3) is 7.84. The van der Waals surface area contributed by atoms with Crippen LogP contribution in [0.1, 0.15) is 47.0 Å². The number of carbonyl (C=O) groups excluding carboxylic acids is 3. The highest BCUT2D eigenvalue weighted by Crippen LogP contribution is 2.32. The molecule has 2 rings (SSSR count). The van der Waals surface area contributed by atoms with Crippen LogP contribution in [0, 0.1) is 0 Å². The summed E-state index contributed by atoms with van der Waals surface area (Å²) in [4.78, 5) is 43.3. The van der Waals surface area contributed by atoms with Crippen molar-refractivity contribution in [2.75, 3.05) is 37.8 Å². The third-order valence-electron chi connectivity index (χ3n) is 5.41. The number of benzene rings is 1. The van der Waals surface area contributed by atoms with Crippen molar-refractivity contribution >= 4 is 35.4 Å². The summed E-state index contributed by atoms with van der Waals surface area (Å²) in [5, 5.41) is 9.58. The molecule has 0 radical (unpaired) electrons. The topological polar surface area (TPSA) is 90.4 Å². The van der Waals surface area contributed by atoms with Gasteiger partial charge in [-0.05, 0) is 52.7 Å². The van der Waals surface area contributed by atoms with E-state index in [4.69, 9.17) is 4.74 Å². The molecule has 0 aromatic heterocycles. The van der Waals surface area contributed by atoms with Gasteiger partial charge in [0.15, 0.2) is 0 Å². The van der Waals surface area contributed by atoms with E-state index in [0.717, 1.165) is 12.8 Å². The number of likely N-dealkylation sites (tertiary alicyclic amines) is 1. The highest BCUT2D eigenvalue weighted by Gasteiger charge is 2.39. The molecule has 8 nitrogen and oxygen atoms in total. The fraction of sp³-hybridized carbons (Fsp3) is 0.625. The number of hydrogen-bond donors (Lipinski definition) is 1. The average Bonchev–Trinajstić information content (AvgIpc) is 3.20. The molecule has 1 aliphatic heterocycles. The van der Waals surface area contributed by atoms with E-state index in [-0.39, 0.29) is 47.1 Å². The molecule has 1 heterocycles. The first-order chi connectivity index (χ1) is 15.4. The zero-order valence-corrected chi connectivity index (χ0v) is 21.4. The summed E-state index contributed by atoms with van der Waals surface area (Å²) in [7, 11) is 3.40. The standard InChI is InChI=1S/C24H37N3O5S/c1-7-26(17-10-8-11-18(28)14-17)21(29)15-20(33-16-22(30)25(5)6)19-12-9-13-27(19)23(31)32-24(2,3)4/h8,10-11,14,19-20,28H,7,9,12-13,15-16H2,1-6H3. The first kappa shape index (κ1) is 26.8. The quantitative estimate of drug-likeness (QED) is 0.611. The van der Waals surface area contributed by atoms with Gasteiger partial charge in [0.05, 0.1) is 5.75 Å². The van der Waals surface area contributed by atoms with E-state index in [2.05, 4.69) is 0 Å². The van der Waals surface area contributed by atoms with Gasteiger partial charge in [-0.25, -0.2) is 4.79 Å². The number of anilines is 1. The minimum absolute atomic E-state index is 0.0420. The molecule has 0 bridgehead atoms. The maximum atomic E-state index is 13.3. The van der Waals surface area contributed by atoms with Crippen LogP contribution < -0.4 is 4.90 Å². The zero-order chi connectivity index (χ0) is 24.8. The fourth-order valence-corrected chi connectivity index (χ4v) is 5.17. The second kappa shape index (κ2) is 11.6. The summed E-state index contributed by atoms with van der Waals surface area (Å²) >= 11 is 1.41. The molecule has 1 fully saturated rings. The van der Waals surface area contributed by atoms with E-state index in [1.54, 1.807) is 48.2 Å². The number of amides is 3. The van der Waals surface area contributed by atoms with E-state index in [9.17, 15) is 19.5 Å². The molecule has 1 aromatic carbocycles. The predicted molar refractivity (Wildman–Crippen MR) is 132 cm³/mol. The normalized spacial score (nSPS) is 16.9. The van der Waals surface area contributed by atoms with Crippen molar-refractivity contribution in [2.45, 2.75) is 63.9 Å². The number of hydrogen-bond acceptors (Lipinski definition) is 6. The van der Waals surface area contributed by atoms with Gasteiger partial charge in [-0.2, -0.15) is 0 Å². The Bertz CT molecular complexity index is 840. The lowest BCUT2D eigenvalue weighted by Crippen LogP contribution is -2.46. The molecule has 1 saturated heterocycles. The van der Waals surface area contributed by atoms with Crippen molar-refractivity contribution in [3.05, 3.63) is 24.3 Å². The van der Waals surface area contributed by atoms with Gasteiger partial charge in [-0.15, -0.1) is 11.8 Å². The van der Waals surface area contributed by atoms with Crippen LogP contribution in [-0.4, -0.2) is 82.6 Å². The number of ether oxygens (including phenoxy) is 1. The molecule has 0 spiro atoms. The van der Waals surface area contributed by atoms with Crippen LogP contribution in [-0.2, 0) is 14.3 Å². The molecule has 184 valence electrons. The first-order valence-corrected chi connectivity index (χ1v) is 12.4. The lowest BCUT2D eigenvalue weighted by molar-refractivity contribution is -0.126.